The smallest absolute Gasteiger partial charge is 0.166 e. The molecule has 0 atom stereocenters. The molecule has 5 heteroatoms. The van der Waals surface area contributed by atoms with Gasteiger partial charge in [-0.3, -0.25) is 4.90 Å². The quantitative estimate of drug-likeness (QED) is 0.555. The molecular weight excluding hydrogens is 394 g/mol. The Hall–Kier alpha value is -2.92. The molecule has 0 spiro atoms. The summed E-state index contributed by atoms with van der Waals surface area (Å²) in [6.45, 7) is 11.9. The molecule has 3 aromatic rings. The van der Waals surface area contributed by atoms with E-state index in [4.69, 9.17) is 10.1 Å². The molecule has 0 unspecified atom stereocenters. The van der Waals surface area contributed by atoms with Gasteiger partial charge in [-0.2, -0.15) is 9.61 Å². The van der Waals surface area contributed by atoms with E-state index < -0.39 is 0 Å². The molecule has 2 aromatic heterocycles. The molecule has 5 rings (SSSR count). The van der Waals surface area contributed by atoms with Crippen LogP contribution < -0.4 is 4.90 Å². The summed E-state index contributed by atoms with van der Waals surface area (Å²) >= 11 is 0. The number of aryl methyl sites for hydroxylation is 2. The number of rotatable bonds is 5. The summed E-state index contributed by atoms with van der Waals surface area (Å²) in [7, 11) is 0. The van der Waals surface area contributed by atoms with Crippen molar-refractivity contribution < 1.29 is 0 Å². The Kier molecular flexibility index (Phi) is 5.83. The van der Waals surface area contributed by atoms with E-state index in [1.165, 1.54) is 29.7 Å². The summed E-state index contributed by atoms with van der Waals surface area (Å²) in [5.74, 6) is 1.16. The van der Waals surface area contributed by atoms with Gasteiger partial charge in [-0.05, 0) is 50.8 Å². The minimum absolute atomic E-state index is 0.953. The van der Waals surface area contributed by atoms with E-state index in [9.17, 15) is 0 Å². The van der Waals surface area contributed by atoms with Crippen molar-refractivity contribution in [2.24, 2.45) is 0 Å². The van der Waals surface area contributed by atoms with Gasteiger partial charge in [-0.25, -0.2) is 4.98 Å². The lowest BCUT2D eigenvalue weighted by molar-refractivity contribution is 0.257. The third kappa shape index (κ3) is 3.97. The number of hydrogen-bond donors (Lipinski definition) is 0. The zero-order valence-electron chi connectivity index (χ0n) is 19.5. The number of nitrogens with zero attached hydrogens (tertiary/aromatic N) is 5. The Morgan fingerprint density at radius 1 is 0.969 bits per heavy atom. The maximum atomic E-state index is 5.16. The number of aromatic nitrogens is 3. The lowest BCUT2D eigenvalue weighted by atomic mass is 10.0. The molecule has 1 aliphatic heterocycles. The fraction of sp³-hybridized carbons (Fsp3) is 0.407. The van der Waals surface area contributed by atoms with Gasteiger partial charge >= 0.3 is 0 Å². The first kappa shape index (κ1) is 21.0. The maximum absolute atomic E-state index is 5.16. The van der Waals surface area contributed by atoms with Crippen LogP contribution in [0.15, 0.2) is 48.6 Å². The van der Waals surface area contributed by atoms with E-state index in [1.54, 1.807) is 0 Å². The fourth-order valence-electron chi connectivity index (χ4n) is 4.86. The van der Waals surface area contributed by atoms with Gasteiger partial charge in [0.15, 0.2) is 5.65 Å². The lowest BCUT2D eigenvalue weighted by Gasteiger charge is -2.36. The highest BCUT2D eigenvalue weighted by atomic mass is 15.4. The molecule has 166 valence electrons. The van der Waals surface area contributed by atoms with E-state index in [0.717, 1.165) is 67.4 Å². The first-order valence-corrected chi connectivity index (χ1v) is 12.0. The normalized spacial score (nSPS) is 17.2. The van der Waals surface area contributed by atoms with Crippen LogP contribution in [-0.2, 0) is 0 Å². The molecule has 3 heterocycles. The van der Waals surface area contributed by atoms with Crippen molar-refractivity contribution in [3.05, 3.63) is 65.5 Å². The number of fused-ring (bicyclic) bond motifs is 1. The second-order valence-electron chi connectivity index (χ2n) is 9.03. The number of allylic oxidation sites excluding steroid dienone is 4. The summed E-state index contributed by atoms with van der Waals surface area (Å²) in [6.07, 6.45) is 10.2. The Morgan fingerprint density at radius 2 is 1.75 bits per heavy atom. The predicted molar refractivity (Wildman–Crippen MR) is 133 cm³/mol. The van der Waals surface area contributed by atoms with Gasteiger partial charge in [0.05, 0.1) is 11.4 Å². The van der Waals surface area contributed by atoms with Crippen LogP contribution in [0.3, 0.4) is 0 Å². The Morgan fingerprint density at radius 3 is 2.44 bits per heavy atom. The van der Waals surface area contributed by atoms with Crippen LogP contribution in [0.4, 0.5) is 5.82 Å². The summed E-state index contributed by atoms with van der Waals surface area (Å²) in [6, 6.07) is 11.0. The van der Waals surface area contributed by atoms with E-state index in [-0.39, 0.29) is 0 Å². The highest BCUT2D eigenvalue weighted by Crippen LogP contribution is 2.33. The van der Waals surface area contributed by atoms with Crippen molar-refractivity contribution in [2.45, 2.75) is 40.0 Å². The van der Waals surface area contributed by atoms with Crippen LogP contribution in [-0.4, -0.2) is 52.2 Å². The monoisotopic (exact) mass is 427 g/mol. The van der Waals surface area contributed by atoms with E-state index in [0.29, 0.717) is 0 Å². The maximum Gasteiger partial charge on any atom is 0.166 e. The van der Waals surface area contributed by atoms with Gasteiger partial charge in [-0.1, -0.05) is 55.0 Å². The van der Waals surface area contributed by atoms with Crippen molar-refractivity contribution in [1.29, 1.82) is 0 Å². The molecule has 0 saturated carbocycles. The van der Waals surface area contributed by atoms with Gasteiger partial charge in [0.2, 0.25) is 0 Å². The average molecular weight is 428 g/mol. The summed E-state index contributed by atoms with van der Waals surface area (Å²) in [4.78, 5) is 10.2. The molecular formula is C27H33N5. The molecule has 0 bridgehead atoms. The number of anilines is 1. The first-order valence-electron chi connectivity index (χ1n) is 12.0. The van der Waals surface area contributed by atoms with Crippen LogP contribution in [0.2, 0.25) is 0 Å². The molecule has 0 amide bonds. The molecule has 32 heavy (non-hydrogen) atoms. The highest BCUT2D eigenvalue weighted by molar-refractivity contribution is 5.83. The molecule has 0 radical (unpaired) electrons. The average Bonchev–Trinajstić information content (AvgIpc) is 3.16. The van der Waals surface area contributed by atoms with Gasteiger partial charge < -0.3 is 4.90 Å². The van der Waals surface area contributed by atoms with Crippen molar-refractivity contribution in [3.8, 4) is 11.1 Å². The highest BCUT2D eigenvalue weighted by Gasteiger charge is 2.23. The second kappa shape index (κ2) is 8.91. The Balaban J connectivity index is 1.64. The molecule has 1 aromatic carbocycles. The van der Waals surface area contributed by atoms with Crippen LogP contribution in [0, 0.1) is 13.8 Å². The van der Waals surface area contributed by atoms with Gasteiger partial charge in [0, 0.05) is 37.8 Å². The number of hydrogen-bond acceptors (Lipinski definition) is 4. The third-order valence-corrected chi connectivity index (χ3v) is 6.61. The predicted octanol–water partition coefficient (Wildman–Crippen LogP) is 5.28. The standard InChI is InChI=1S/C27H33N5/c1-4-14-30-15-17-31(18-16-30)25-19-24(22-8-6-5-7-9-22)28-27-26(21(3)29-32(25)27)23-12-10-20(2)11-13-23/h6,8-13,19H,4-5,7,14-18H2,1-3H3. The van der Waals surface area contributed by atoms with Gasteiger partial charge in [-0.15, -0.1) is 0 Å². The van der Waals surface area contributed by atoms with Gasteiger partial charge in [0.1, 0.15) is 5.82 Å². The molecule has 5 nitrogen and oxygen atoms in total. The fourth-order valence-corrected chi connectivity index (χ4v) is 4.86. The van der Waals surface area contributed by atoms with Crippen molar-refractivity contribution in [1.82, 2.24) is 19.5 Å². The zero-order chi connectivity index (χ0) is 22.1. The van der Waals surface area contributed by atoms with E-state index >= 15 is 0 Å². The zero-order valence-corrected chi connectivity index (χ0v) is 19.5. The minimum Gasteiger partial charge on any atom is -0.354 e. The summed E-state index contributed by atoms with van der Waals surface area (Å²) < 4.78 is 2.08. The molecule has 0 N–H and O–H groups in total. The topological polar surface area (TPSA) is 36.7 Å². The van der Waals surface area contributed by atoms with Crippen molar-refractivity contribution in [2.75, 3.05) is 37.6 Å². The molecule has 1 aliphatic carbocycles. The second-order valence-corrected chi connectivity index (χ2v) is 9.03. The summed E-state index contributed by atoms with van der Waals surface area (Å²) in [5.41, 5.74) is 7.83. The van der Waals surface area contributed by atoms with Crippen LogP contribution in [0.1, 0.15) is 43.1 Å². The van der Waals surface area contributed by atoms with Crippen LogP contribution >= 0.6 is 0 Å². The largest absolute Gasteiger partial charge is 0.354 e. The molecule has 1 fully saturated rings. The number of piperazine rings is 1. The Labute approximate surface area is 191 Å². The van der Waals surface area contributed by atoms with Crippen molar-refractivity contribution in [3.63, 3.8) is 0 Å². The Bertz CT molecular complexity index is 1160. The van der Waals surface area contributed by atoms with Crippen molar-refractivity contribution >= 4 is 17.0 Å². The van der Waals surface area contributed by atoms with Crippen LogP contribution in [0.25, 0.3) is 22.3 Å². The van der Waals surface area contributed by atoms with E-state index in [2.05, 4.69) is 83.6 Å². The summed E-state index contributed by atoms with van der Waals surface area (Å²) in [5, 5.41) is 4.99. The minimum atomic E-state index is 0.953. The van der Waals surface area contributed by atoms with Crippen LogP contribution in [0.5, 0.6) is 0 Å². The molecule has 2 aliphatic rings. The first-order chi connectivity index (χ1) is 15.6. The van der Waals surface area contributed by atoms with Gasteiger partial charge in [0.25, 0.3) is 0 Å². The van der Waals surface area contributed by atoms with E-state index in [1.807, 2.05) is 0 Å². The third-order valence-electron chi connectivity index (χ3n) is 6.61. The molecule has 1 saturated heterocycles. The lowest BCUT2D eigenvalue weighted by Crippen LogP contribution is -2.47. The number of benzene rings is 1. The SMILES string of the molecule is CCCN1CCN(c2cc(C3=CCCC=C3)nc3c(-c4ccc(C)cc4)c(C)nn23)CC1.